The number of Topliss-reactive ketones (excluding diaryl/α,β-unsaturated/α-hetero) is 1. The molecule has 0 aromatic rings. The lowest BCUT2D eigenvalue weighted by Gasteiger charge is -2.32. The van der Waals surface area contributed by atoms with Gasteiger partial charge in [0.05, 0.1) is 6.61 Å². The first-order valence-corrected chi connectivity index (χ1v) is 6.30. The van der Waals surface area contributed by atoms with Gasteiger partial charge in [-0.25, -0.2) is 0 Å². The maximum Gasteiger partial charge on any atom is 0.141 e. The fourth-order valence-electron chi connectivity index (χ4n) is 2.90. The molecule has 0 N–H and O–H groups in total. The van der Waals surface area contributed by atoms with E-state index in [-0.39, 0.29) is 5.92 Å². The van der Waals surface area contributed by atoms with Gasteiger partial charge in [0, 0.05) is 18.4 Å². The Morgan fingerprint density at radius 2 is 1.87 bits per heavy atom. The maximum atomic E-state index is 12.2. The Bertz CT molecular complexity index is 231. The Morgan fingerprint density at radius 3 is 2.47 bits per heavy atom. The summed E-state index contributed by atoms with van der Waals surface area (Å²) in [5.74, 6) is 2.56. The second-order valence-corrected chi connectivity index (χ2v) is 5.43. The Kier molecular flexibility index (Phi) is 3.45. The molecule has 2 nitrogen and oxygen atoms in total. The Hall–Kier alpha value is -0.370. The lowest BCUT2D eigenvalue weighted by atomic mass is 9.72. The van der Waals surface area contributed by atoms with Crippen molar-refractivity contribution in [3.8, 4) is 0 Å². The second-order valence-electron chi connectivity index (χ2n) is 5.43. The van der Waals surface area contributed by atoms with Crippen molar-refractivity contribution in [3.05, 3.63) is 0 Å². The van der Waals surface area contributed by atoms with Crippen molar-refractivity contribution in [2.75, 3.05) is 13.2 Å². The zero-order valence-corrected chi connectivity index (χ0v) is 9.87. The van der Waals surface area contributed by atoms with Crippen LogP contribution in [0.2, 0.25) is 0 Å². The topological polar surface area (TPSA) is 26.3 Å². The number of ether oxygens (including phenoxy) is 1. The molecule has 0 amide bonds. The molecule has 0 radical (unpaired) electrons. The van der Waals surface area contributed by atoms with Crippen LogP contribution in [0.15, 0.2) is 0 Å². The molecular weight excluding hydrogens is 188 g/mol. The Morgan fingerprint density at radius 1 is 1.07 bits per heavy atom. The molecule has 0 bridgehead atoms. The van der Waals surface area contributed by atoms with Gasteiger partial charge < -0.3 is 4.74 Å². The standard InChI is InChI=1S/C13H22O2/c1-9-3-4-11(7-10(9)2)13(14)12-5-6-15-8-12/h9-12H,3-8H2,1-2H3. The van der Waals surface area contributed by atoms with Gasteiger partial charge in [-0.3, -0.25) is 4.79 Å². The van der Waals surface area contributed by atoms with E-state index in [1.807, 2.05) is 0 Å². The van der Waals surface area contributed by atoms with Crippen LogP contribution in [-0.2, 0) is 9.53 Å². The third-order valence-electron chi connectivity index (χ3n) is 4.33. The molecule has 2 fully saturated rings. The van der Waals surface area contributed by atoms with Crippen LogP contribution in [0, 0.1) is 23.7 Å². The minimum absolute atomic E-state index is 0.218. The number of carbonyl (C=O) groups is 1. The van der Waals surface area contributed by atoms with E-state index in [0.717, 1.165) is 37.7 Å². The molecular formula is C13H22O2. The van der Waals surface area contributed by atoms with Gasteiger partial charge in [0.1, 0.15) is 5.78 Å². The minimum atomic E-state index is 0.218. The van der Waals surface area contributed by atoms with Crippen molar-refractivity contribution in [2.45, 2.75) is 39.5 Å². The molecule has 15 heavy (non-hydrogen) atoms. The molecule has 2 rings (SSSR count). The summed E-state index contributed by atoms with van der Waals surface area (Å²) in [4.78, 5) is 12.2. The summed E-state index contributed by atoms with van der Waals surface area (Å²) >= 11 is 0. The highest BCUT2D eigenvalue weighted by Gasteiger charge is 2.34. The van der Waals surface area contributed by atoms with E-state index in [0.29, 0.717) is 18.3 Å². The summed E-state index contributed by atoms with van der Waals surface area (Å²) in [5.41, 5.74) is 0. The lowest BCUT2D eigenvalue weighted by Crippen LogP contribution is -2.30. The molecule has 4 atom stereocenters. The van der Waals surface area contributed by atoms with Crippen LogP contribution in [0.3, 0.4) is 0 Å². The van der Waals surface area contributed by atoms with E-state index < -0.39 is 0 Å². The third kappa shape index (κ3) is 2.41. The molecule has 1 heterocycles. The molecule has 4 unspecified atom stereocenters. The summed E-state index contributed by atoms with van der Waals surface area (Å²) < 4.78 is 5.30. The van der Waals surface area contributed by atoms with Gasteiger partial charge in [0.25, 0.3) is 0 Å². The summed E-state index contributed by atoms with van der Waals surface area (Å²) in [7, 11) is 0. The van der Waals surface area contributed by atoms with Gasteiger partial charge in [-0.1, -0.05) is 13.8 Å². The zero-order valence-electron chi connectivity index (χ0n) is 9.87. The van der Waals surface area contributed by atoms with Crippen LogP contribution in [0.4, 0.5) is 0 Å². The molecule has 1 aliphatic heterocycles. The van der Waals surface area contributed by atoms with Crippen LogP contribution >= 0.6 is 0 Å². The largest absolute Gasteiger partial charge is 0.381 e. The van der Waals surface area contributed by atoms with Crippen LogP contribution in [-0.4, -0.2) is 19.0 Å². The number of carbonyl (C=O) groups excluding carboxylic acids is 1. The summed E-state index contributed by atoms with van der Waals surface area (Å²) in [6.07, 6.45) is 4.40. The van der Waals surface area contributed by atoms with Gasteiger partial charge in [0.2, 0.25) is 0 Å². The average Bonchev–Trinajstić information content (AvgIpc) is 2.74. The van der Waals surface area contributed by atoms with Crippen molar-refractivity contribution in [1.82, 2.24) is 0 Å². The third-order valence-corrected chi connectivity index (χ3v) is 4.33. The fourth-order valence-corrected chi connectivity index (χ4v) is 2.90. The van der Waals surface area contributed by atoms with Crippen molar-refractivity contribution >= 4 is 5.78 Å². The maximum absolute atomic E-state index is 12.2. The smallest absolute Gasteiger partial charge is 0.141 e. The van der Waals surface area contributed by atoms with E-state index in [1.54, 1.807) is 0 Å². The Balaban J connectivity index is 1.90. The van der Waals surface area contributed by atoms with E-state index >= 15 is 0 Å². The highest BCUT2D eigenvalue weighted by molar-refractivity contribution is 5.83. The molecule has 2 heteroatoms. The SMILES string of the molecule is CC1CCC(C(=O)C2CCOC2)CC1C. The minimum Gasteiger partial charge on any atom is -0.381 e. The predicted molar refractivity (Wildman–Crippen MR) is 59.6 cm³/mol. The normalized spacial score (nSPS) is 41.7. The first-order valence-electron chi connectivity index (χ1n) is 6.30. The summed E-state index contributed by atoms with van der Waals surface area (Å²) in [5, 5.41) is 0. The van der Waals surface area contributed by atoms with Crippen LogP contribution in [0.5, 0.6) is 0 Å². The number of ketones is 1. The quantitative estimate of drug-likeness (QED) is 0.700. The average molecular weight is 210 g/mol. The molecule has 0 aromatic heterocycles. The van der Waals surface area contributed by atoms with Gasteiger partial charge >= 0.3 is 0 Å². The van der Waals surface area contributed by atoms with E-state index in [2.05, 4.69) is 13.8 Å². The molecule has 2 aliphatic rings. The first kappa shape index (κ1) is 11.1. The molecule has 1 saturated heterocycles. The van der Waals surface area contributed by atoms with Crippen molar-refractivity contribution in [1.29, 1.82) is 0 Å². The molecule has 0 spiro atoms. The Labute approximate surface area is 92.4 Å². The van der Waals surface area contributed by atoms with Crippen LogP contribution in [0.1, 0.15) is 39.5 Å². The fraction of sp³-hybridized carbons (Fsp3) is 0.923. The molecule has 1 saturated carbocycles. The molecule has 1 aliphatic carbocycles. The van der Waals surface area contributed by atoms with Crippen LogP contribution in [0.25, 0.3) is 0 Å². The summed E-state index contributed by atoms with van der Waals surface area (Å²) in [6, 6.07) is 0. The second kappa shape index (κ2) is 4.65. The zero-order chi connectivity index (χ0) is 10.8. The van der Waals surface area contributed by atoms with E-state index in [1.165, 1.54) is 6.42 Å². The monoisotopic (exact) mass is 210 g/mol. The van der Waals surface area contributed by atoms with Gasteiger partial charge in [-0.15, -0.1) is 0 Å². The van der Waals surface area contributed by atoms with Crippen molar-refractivity contribution in [2.24, 2.45) is 23.7 Å². The number of hydrogen-bond donors (Lipinski definition) is 0. The number of rotatable bonds is 2. The van der Waals surface area contributed by atoms with Crippen molar-refractivity contribution < 1.29 is 9.53 Å². The lowest BCUT2D eigenvalue weighted by molar-refractivity contribution is -0.128. The van der Waals surface area contributed by atoms with E-state index in [4.69, 9.17) is 4.74 Å². The van der Waals surface area contributed by atoms with Crippen LogP contribution < -0.4 is 0 Å². The highest BCUT2D eigenvalue weighted by Crippen LogP contribution is 2.35. The van der Waals surface area contributed by atoms with Crippen molar-refractivity contribution in [3.63, 3.8) is 0 Å². The van der Waals surface area contributed by atoms with Gasteiger partial charge in [-0.2, -0.15) is 0 Å². The van der Waals surface area contributed by atoms with E-state index in [9.17, 15) is 4.79 Å². The van der Waals surface area contributed by atoms with Gasteiger partial charge in [-0.05, 0) is 37.5 Å². The summed E-state index contributed by atoms with van der Waals surface area (Å²) in [6.45, 7) is 6.06. The molecule has 0 aromatic carbocycles. The first-order chi connectivity index (χ1) is 7.18. The molecule has 86 valence electrons. The van der Waals surface area contributed by atoms with Gasteiger partial charge in [0.15, 0.2) is 0 Å². The predicted octanol–water partition coefficient (Wildman–Crippen LogP) is 2.66. The highest BCUT2D eigenvalue weighted by atomic mass is 16.5. The number of hydrogen-bond acceptors (Lipinski definition) is 2.